The highest BCUT2D eigenvalue weighted by atomic mass is 32.2. The molecule has 0 bridgehead atoms. The lowest BCUT2D eigenvalue weighted by atomic mass is 10.0. The van der Waals surface area contributed by atoms with E-state index in [1.54, 1.807) is 64.1 Å². The topological polar surface area (TPSA) is 90.9 Å². The van der Waals surface area contributed by atoms with E-state index in [9.17, 15) is 13.2 Å². The zero-order valence-electron chi connectivity index (χ0n) is 17.3. The minimum Gasteiger partial charge on any atom is -0.441 e. The van der Waals surface area contributed by atoms with Crippen molar-refractivity contribution in [1.82, 2.24) is 4.72 Å². The predicted octanol–water partition coefficient (Wildman–Crippen LogP) is 3.59. The number of hydrogen-bond acceptors (Lipinski definition) is 6. The molecule has 0 radical (unpaired) electrons. The molecule has 2 aromatic carbocycles. The first kappa shape index (κ1) is 23.0. The average molecular weight is 422 g/mol. The normalized spacial score (nSPS) is 13.1. The van der Waals surface area contributed by atoms with Crippen molar-refractivity contribution in [2.75, 3.05) is 13.7 Å². The smallest absolute Gasteiger partial charge is 0.315 e. The van der Waals surface area contributed by atoms with Gasteiger partial charge in [0.1, 0.15) is 12.0 Å². The summed E-state index contributed by atoms with van der Waals surface area (Å²) in [5.74, 6) is 0.273. The number of ether oxygens (including phenoxy) is 3. The molecule has 7 nitrogen and oxygen atoms in total. The number of methoxy groups -OCH3 is 1. The van der Waals surface area contributed by atoms with Crippen molar-refractivity contribution >= 4 is 16.3 Å². The van der Waals surface area contributed by atoms with Gasteiger partial charge in [-0.2, -0.15) is 0 Å². The van der Waals surface area contributed by atoms with Gasteiger partial charge in [0, 0.05) is 29.8 Å². The molecule has 0 saturated carbocycles. The highest BCUT2D eigenvalue weighted by molar-refractivity contribution is 7.89. The van der Waals surface area contributed by atoms with Gasteiger partial charge >= 0.3 is 6.48 Å². The van der Waals surface area contributed by atoms with Crippen LogP contribution in [0.25, 0.3) is 11.1 Å². The largest absolute Gasteiger partial charge is 0.441 e. The Kier molecular flexibility index (Phi) is 7.54. The number of hydrogen-bond donors (Lipinski definition) is 1. The molecular weight excluding hydrogens is 394 g/mol. The Hall–Kier alpha value is -2.26. The predicted molar refractivity (Wildman–Crippen MR) is 110 cm³/mol. The molecule has 0 heterocycles. The Morgan fingerprint density at radius 2 is 1.86 bits per heavy atom. The van der Waals surface area contributed by atoms with Crippen LogP contribution in [0.4, 0.5) is 0 Å². The minimum atomic E-state index is -3.89. The van der Waals surface area contributed by atoms with Crippen LogP contribution in [0.15, 0.2) is 47.4 Å². The molecule has 2 aromatic rings. The first-order valence-corrected chi connectivity index (χ1v) is 10.6. The van der Waals surface area contributed by atoms with Crippen molar-refractivity contribution in [3.05, 3.63) is 48.0 Å². The van der Waals surface area contributed by atoms with Crippen LogP contribution in [-0.4, -0.2) is 40.4 Å². The van der Waals surface area contributed by atoms with Crippen LogP contribution in [0.1, 0.15) is 38.1 Å². The maximum atomic E-state index is 13.1. The van der Waals surface area contributed by atoms with Crippen LogP contribution in [0, 0.1) is 0 Å². The molecule has 1 unspecified atom stereocenters. The molecule has 1 N–H and O–H groups in total. The number of rotatable bonds is 9. The summed E-state index contributed by atoms with van der Waals surface area (Å²) in [6.45, 7) is 6.47. The maximum Gasteiger partial charge on any atom is 0.315 e. The van der Waals surface area contributed by atoms with Gasteiger partial charge in [-0.3, -0.25) is 4.79 Å². The molecule has 29 heavy (non-hydrogen) atoms. The molecule has 8 heteroatoms. The standard InChI is InChI=1S/C21H27NO6S/c1-6-27-20(26-5)28-17-10-11-18(16-9-7-8-15(12-16)14-23)19(13-17)29(24,25)22-21(2,3)4/h7-14,20,22H,6H2,1-5H3. The molecule has 0 aromatic heterocycles. The molecule has 0 aliphatic rings. The van der Waals surface area contributed by atoms with Gasteiger partial charge in [-0.1, -0.05) is 18.2 Å². The van der Waals surface area contributed by atoms with Crippen LogP contribution in [0.5, 0.6) is 5.75 Å². The van der Waals surface area contributed by atoms with Gasteiger partial charge in [-0.25, -0.2) is 13.1 Å². The van der Waals surface area contributed by atoms with E-state index in [-0.39, 0.29) is 10.6 Å². The van der Waals surface area contributed by atoms with Crippen LogP contribution < -0.4 is 9.46 Å². The van der Waals surface area contributed by atoms with Gasteiger partial charge in [-0.05, 0) is 51.5 Å². The molecule has 0 aliphatic carbocycles. The third-order valence-corrected chi connectivity index (χ3v) is 5.54. The Morgan fingerprint density at radius 3 is 2.45 bits per heavy atom. The molecule has 1 atom stereocenters. The fourth-order valence-electron chi connectivity index (χ4n) is 2.67. The van der Waals surface area contributed by atoms with Gasteiger partial charge in [0.05, 0.1) is 11.5 Å². The fourth-order valence-corrected chi connectivity index (χ4v) is 4.33. The quantitative estimate of drug-likeness (QED) is 0.492. The van der Waals surface area contributed by atoms with E-state index in [1.807, 2.05) is 0 Å². The van der Waals surface area contributed by atoms with Gasteiger partial charge in [0.2, 0.25) is 10.0 Å². The van der Waals surface area contributed by atoms with E-state index in [2.05, 4.69) is 4.72 Å². The number of aldehydes is 1. The third kappa shape index (κ3) is 6.37. The maximum absolute atomic E-state index is 13.1. The number of carbonyl (C=O) groups is 1. The van der Waals surface area contributed by atoms with Gasteiger partial charge in [0.25, 0.3) is 0 Å². The van der Waals surface area contributed by atoms with Crippen molar-refractivity contribution in [1.29, 1.82) is 0 Å². The minimum absolute atomic E-state index is 0.0272. The van der Waals surface area contributed by atoms with Crippen molar-refractivity contribution in [2.45, 2.75) is 44.6 Å². The monoisotopic (exact) mass is 421 g/mol. The molecule has 158 valence electrons. The molecule has 2 rings (SSSR count). The van der Waals surface area contributed by atoms with Crippen molar-refractivity contribution in [2.24, 2.45) is 0 Å². The number of benzene rings is 2. The second-order valence-electron chi connectivity index (χ2n) is 7.35. The van der Waals surface area contributed by atoms with E-state index in [0.717, 1.165) is 0 Å². The molecule has 0 aliphatic heterocycles. The highest BCUT2D eigenvalue weighted by Crippen LogP contribution is 2.32. The lowest BCUT2D eigenvalue weighted by molar-refractivity contribution is -0.231. The lowest BCUT2D eigenvalue weighted by Crippen LogP contribution is -2.40. The summed E-state index contributed by atoms with van der Waals surface area (Å²) in [6.07, 6.45) is 0.716. The molecule has 0 fully saturated rings. The van der Waals surface area contributed by atoms with E-state index < -0.39 is 22.0 Å². The van der Waals surface area contributed by atoms with E-state index >= 15 is 0 Å². The summed E-state index contributed by atoms with van der Waals surface area (Å²) < 4.78 is 44.9. The van der Waals surface area contributed by atoms with Gasteiger partial charge in [-0.15, -0.1) is 0 Å². The number of carbonyl (C=O) groups excluding carboxylic acids is 1. The second-order valence-corrected chi connectivity index (χ2v) is 9.01. The molecule has 0 spiro atoms. The Balaban J connectivity index is 2.59. The molecular formula is C21H27NO6S. The zero-order chi connectivity index (χ0) is 21.7. The van der Waals surface area contributed by atoms with E-state index in [4.69, 9.17) is 14.2 Å². The summed E-state index contributed by atoms with van der Waals surface area (Å²) in [4.78, 5) is 11.2. The molecule has 0 amide bonds. The van der Waals surface area contributed by atoms with Crippen LogP contribution in [0.3, 0.4) is 0 Å². The summed E-state index contributed by atoms with van der Waals surface area (Å²) >= 11 is 0. The first-order chi connectivity index (χ1) is 13.6. The molecule has 0 saturated heterocycles. The van der Waals surface area contributed by atoms with Crippen molar-refractivity contribution in [3.8, 4) is 16.9 Å². The highest BCUT2D eigenvalue weighted by Gasteiger charge is 2.26. The lowest BCUT2D eigenvalue weighted by Gasteiger charge is -2.23. The third-order valence-electron chi connectivity index (χ3n) is 3.74. The van der Waals surface area contributed by atoms with Gasteiger partial charge in [0.15, 0.2) is 0 Å². The van der Waals surface area contributed by atoms with Crippen LogP contribution >= 0.6 is 0 Å². The summed E-state index contributed by atoms with van der Waals surface area (Å²) in [5.41, 5.74) is 0.815. The Bertz CT molecular complexity index is 950. The summed E-state index contributed by atoms with van der Waals surface area (Å²) in [6, 6.07) is 11.4. The Labute approximate surface area is 172 Å². The van der Waals surface area contributed by atoms with Crippen LogP contribution in [-0.2, 0) is 19.5 Å². The van der Waals surface area contributed by atoms with Gasteiger partial charge < -0.3 is 14.2 Å². The fraction of sp³-hybridized carbons (Fsp3) is 0.381. The average Bonchev–Trinajstić information content (AvgIpc) is 2.65. The SMILES string of the molecule is CCOC(OC)Oc1ccc(-c2cccc(C=O)c2)c(S(=O)(=O)NC(C)(C)C)c1. The number of nitrogens with one attached hydrogen (secondary N) is 1. The van der Waals surface area contributed by atoms with E-state index in [1.165, 1.54) is 13.2 Å². The van der Waals surface area contributed by atoms with Crippen LogP contribution in [0.2, 0.25) is 0 Å². The summed E-state index contributed by atoms with van der Waals surface area (Å²) in [7, 11) is -2.46. The first-order valence-electron chi connectivity index (χ1n) is 9.14. The van der Waals surface area contributed by atoms with Crippen molar-refractivity contribution < 1.29 is 27.4 Å². The van der Waals surface area contributed by atoms with E-state index in [0.29, 0.717) is 29.6 Å². The zero-order valence-corrected chi connectivity index (χ0v) is 18.1. The van der Waals surface area contributed by atoms with Crippen molar-refractivity contribution in [3.63, 3.8) is 0 Å². The number of sulfonamides is 1. The summed E-state index contributed by atoms with van der Waals surface area (Å²) in [5, 5.41) is 0. The Morgan fingerprint density at radius 1 is 1.14 bits per heavy atom. The second kappa shape index (κ2) is 9.49.